The monoisotopic (exact) mass is 691 g/mol. The lowest BCUT2D eigenvalue weighted by Gasteiger charge is -2.26. The van der Waals surface area contributed by atoms with Gasteiger partial charge in [0.05, 0.1) is 0 Å². The number of thiophene rings is 1. The lowest BCUT2D eigenvalue weighted by Crippen LogP contribution is -2.15. The number of nitrogens with zero attached hydrogens (tertiary/aromatic N) is 1. The summed E-state index contributed by atoms with van der Waals surface area (Å²) in [6.07, 6.45) is 0. The van der Waals surface area contributed by atoms with Crippen LogP contribution in [0, 0.1) is 0 Å². The molecule has 0 saturated carbocycles. The third kappa shape index (κ3) is 3.91. The maximum absolute atomic E-state index is 2.47. The van der Waals surface area contributed by atoms with Gasteiger partial charge < -0.3 is 4.90 Å². The molecule has 0 radical (unpaired) electrons. The highest BCUT2D eigenvalue weighted by molar-refractivity contribution is 7.26. The number of anilines is 3. The van der Waals surface area contributed by atoms with Gasteiger partial charge in [-0.2, -0.15) is 0 Å². The minimum absolute atomic E-state index is 0.0686. The molecular weight excluding hydrogens is 659 g/mol. The zero-order valence-electron chi connectivity index (χ0n) is 29.4. The SMILES string of the molecule is CC1(C)c2cccc3c2-c2c1ccc1c(-c4cccc(N(c5ccccc5)c5ccc6c(ccc7ccccc76)c5)c4)cc4sc5cccc-3c5c4c21. The fraction of sp³-hybridized carbons (Fsp3) is 0.0588. The number of rotatable bonds is 4. The molecule has 0 spiro atoms. The molecule has 2 aliphatic carbocycles. The molecule has 0 bridgehead atoms. The summed E-state index contributed by atoms with van der Waals surface area (Å²) >= 11 is 1.94. The number of benzene rings is 9. The summed E-state index contributed by atoms with van der Waals surface area (Å²) < 4.78 is 2.72. The minimum atomic E-state index is -0.0686. The van der Waals surface area contributed by atoms with Crippen molar-refractivity contribution >= 4 is 80.9 Å². The third-order valence-electron chi connectivity index (χ3n) is 12.1. The molecule has 12 rings (SSSR count). The Kier molecular flexibility index (Phi) is 5.78. The second-order valence-corrected chi connectivity index (χ2v) is 16.3. The van der Waals surface area contributed by atoms with Crippen LogP contribution >= 0.6 is 11.3 Å². The van der Waals surface area contributed by atoms with Gasteiger partial charge in [-0.25, -0.2) is 0 Å². The Morgan fingerprint density at radius 3 is 2.06 bits per heavy atom. The Balaban J connectivity index is 1.12. The molecule has 0 fully saturated rings. The van der Waals surface area contributed by atoms with Gasteiger partial charge in [-0.15, -0.1) is 11.3 Å². The first-order valence-corrected chi connectivity index (χ1v) is 19.3. The predicted octanol–water partition coefficient (Wildman–Crippen LogP) is 14.9. The van der Waals surface area contributed by atoms with Gasteiger partial charge in [0.1, 0.15) is 0 Å². The average Bonchev–Trinajstić information content (AvgIpc) is 3.65. The van der Waals surface area contributed by atoms with Gasteiger partial charge in [0.2, 0.25) is 0 Å². The predicted molar refractivity (Wildman–Crippen MR) is 229 cm³/mol. The van der Waals surface area contributed by atoms with Crippen LogP contribution in [0.4, 0.5) is 17.1 Å². The van der Waals surface area contributed by atoms with E-state index >= 15 is 0 Å². The molecule has 0 atom stereocenters. The van der Waals surface area contributed by atoms with Gasteiger partial charge >= 0.3 is 0 Å². The van der Waals surface area contributed by atoms with Crippen LogP contribution in [0.1, 0.15) is 25.0 Å². The van der Waals surface area contributed by atoms with Crippen molar-refractivity contribution in [1.82, 2.24) is 0 Å². The van der Waals surface area contributed by atoms with E-state index in [4.69, 9.17) is 0 Å². The summed E-state index contributed by atoms with van der Waals surface area (Å²) in [7, 11) is 0. The minimum Gasteiger partial charge on any atom is -0.310 e. The molecule has 0 aliphatic heterocycles. The highest BCUT2D eigenvalue weighted by Gasteiger charge is 2.40. The number of hydrogen-bond donors (Lipinski definition) is 0. The lowest BCUT2D eigenvalue weighted by molar-refractivity contribution is 0.661. The van der Waals surface area contributed by atoms with Crippen LogP contribution in [0.2, 0.25) is 0 Å². The zero-order valence-corrected chi connectivity index (χ0v) is 30.3. The van der Waals surface area contributed by atoms with Crippen molar-refractivity contribution in [2.45, 2.75) is 19.3 Å². The molecule has 0 N–H and O–H groups in total. The second-order valence-electron chi connectivity index (χ2n) is 15.3. The molecule has 248 valence electrons. The van der Waals surface area contributed by atoms with Crippen LogP contribution in [0.3, 0.4) is 0 Å². The van der Waals surface area contributed by atoms with Crippen molar-refractivity contribution in [3.8, 4) is 33.4 Å². The van der Waals surface area contributed by atoms with Gasteiger partial charge in [0.15, 0.2) is 0 Å². The van der Waals surface area contributed by atoms with Crippen molar-refractivity contribution in [2.24, 2.45) is 0 Å². The quantitative estimate of drug-likeness (QED) is 0.166. The van der Waals surface area contributed by atoms with Crippen LogP contribution in [0.15, 0.2) is 164 Å². The first kappa shape index (κ1) is 29.4. The molecule has 53 heavy (non-hydrogen) atoms. The van der Waals surface area contributed by atoms with E-state index in [0.29, 0.717) is 0 Å². The Morgan fingerprint density at radius 2 is 1.13 bits per heavy atom. The van der Waals surface area contributed by atoms with E-state index in [0.717, 1.165) is 17.1 Å². The molecule has 0 unspecified atom stereocenters. The topological polar surface area (TPSA) is 3.24 Å². The van der Waals surface area contributed by atoms with Crippen molar-refractivity contribution in [3.05, 3.63) is 175 Å². The molecule has 0 saturated heterocycles. The Bertz CT molecular complexity index is 3200. The smallest absolute Gasteiger partial charge is 0.0468 e. The van der Waals surface area contributed by atoms with Gasteiger partial charge in [-0.3, -0.25) is 0 Å². The Morgan fingerprint density at radius 1 is 0.415 bits per heavy atom. The molecule has 1 nitrogen and oxygen atoms in total. The molecule has 1 aromatic heterocycles. The molecule has 1 heterocycles. The molecule has 0 amide bonds. The summed E-state index contributed by atoms with van der Waals surface area (Å²) in [6.45, 7) is 4.81. The first-order chi connectivity index (χ1) is 26.0. The summed E-state index contributed by atoms with van der Waals surface area (Å²) in [6, 6.07) is 61.3. The van der Waals surface area contributed by atoms with Gasteiger partial charge in [0.25, 0.3) is 0 Å². The summed E-state index contributed by atoms with van der Waals surface area (Å²) in [4.78, 5) is 2.40. The molecule has 2 heteroatoms. The number of fused-ring (bicyclic) bond motifs is 4. The first-order valence-electron chi connectivity index (χ1n) is 18.5. The number of para-hydroxylation sites is 1. The van der Waals surface area contributed by atoms with Crippen LogP contribution in [0.5, 0.6) is 0 Å². The van der Waals surface area contributed by atoms with Crippen LogP contribution < -0.4 is 4.90 Å². The fourth-order valence-electron chi connectivity index (χ4n) is 9.74. The Labute approximate surface area is 312 Å². The summed E-state index contributed by atoms with van der Waals surface area (Å²) in [5.74, 6) is 0. The maximum atomic E-state index is 2.47. The largest absolute Gasteiger partial charge is 0.310 e. The van der Waals surface area contributed by atoms with Crippen LogP contribution in [0.25, 0.3) is 85.9 Å². The van der Waals surface area contributed by atoms with Gasteiger partial charge in [0, 0.05) is 42.6 Å². The highest BCUT2D eigenvalue weighted by Crippen LogP contribution is 2.60. The Hall–Kier alpha value is -6.22. The average molecular weight is 692 g/mol. The van der Waals surface area contributed by atoms with E-state index in [1.165, 1.54) is 97.0 Å². The van der Waals surface area contributed by atoms with E-state index in [-0.39, 0.29) is 5.41 Å². The second kappa shape index (κ2) is 10.4. The van der Waals surface area contributed by atoms with E-state index in [1.54, 1.807) is 0 Å². The van der Waals surface area contributed by atoms with E-state index in [9.17, 15) is 0 Å². The molecule has 9 aromatic carbocycles. The van der Waals surface area contributed by atoms with E-state index in [1.807, 2.05) is 11.3 Å². The summed E-state index contributed by atoms with van der Waals surface area (Å²) in [5.41, 5.74) is 14.3. The van der Waals surface area contributed by atoms with Gasteiger partial charge in [-0.1, -0.05) is 129 Å². The van der Waals surface area contributed by atoms with Crippen molar-refractivity contribution in [3.63, 3.8) is 0 Å². The standard InChI is InChI=1S/C51H33NS/c1-51(2)42-19-9-17-38-39-18-10-20-44-47(39)50-45(53-44)29-41(40-25-26-43(51)49(46(38)42)48(40)50)31-12-8-15-34(27-31)52(33-13-4-3-5-14-33)35-23-24-37-32(28-35)22-21-30-11-6-7-16-36(30)37/h3-29H,1-2H3. The van der Waals surface area contributed by atoms with E-state index < -0.39 is 0 Å². The number of hydrogen-bond acceptors (Lipinski definition) is 2. The molecule has 2 aliphatic rings. The highest BCUT2D eigenvalue weighted by atomic mass is 32.1. The fourth-order valence-corrected chi connectivity index (χ4v) is 10.9. The van der Waals surface area contributed by atoms with Crippen molar-refractivity contribution < 1.29 is 0 Å². The van der Waals surface area contributed by atoms with Gasteiger partial charge in [-0.05, 0) is 125 Å². The van der Waals surface area contributed by atoms with Crippen molar-refractivity contribution in [1.29, 1.82) is 0 Å². The summed E-state index contributed by atoms with van der Waals surface area (Å²) in [5, 5.41) is 10.6. The van der Waals surface area contributed by atoms with Crippen LogP contribution in [-0.4, -0.2) is 0 Å². The van der Waals surface area contributed by atoms with Crippen LogP contribution in [-0.2, 0) is 5.41 Å². The molecular formula is C51H33NS. The van der Waals surface area contributed by atoms with Crippen molar-refractivity contribution in [2.75, 3.05) is 4.90 Å². The zero-order chi connectivity index (χ0) is 35.0. The van der Waals surface area contributed by atoms with E-state index in [2.05, 4.69) is 183 Å². The molecule has 10 aromatic rings. The normalized spacial score (nSPS) is 13.6. The lowest BCUT2D eigenvalue weighted by atomic mass is 9.80. The third-order valence-corrected chi connectivity index (χ3v) is 13.2. The maximum Gasteiger partial charge on any atom is 0.0468 e.